The summed E-state index contributed by atoms with van der Waals surface area (Å²) < 4.78 is 6.53. The molecule has 3 fully saturated rings. The number of likely N-dealkylation sites (tertiary alicyclic amines) is 1. The molecule has 1 aromatic heterocycles. The lowest BCUT2D eigenvalue weighted by Crippen LogP contribution is -2.57. The van der Waals surface area contributed by atoms with Crippen LogP contribution >= 0.6 is 11.6 Å². The topological polar surface area (TPSA) is 91.8 Å². The maximum Gasteiger partial charge on any atom is 0.255 e. The lowest BCUT2D eigenvalue weighted by Gasteiger charge is -2.48. The summed E-state index contributed by atoms with van der Waals surface area (Å²) in [5.74, 6) is 0.346. The van der Waals surface area contributed by atoms with Crippen molar-refractivity contribution in [1.82, 2.24) is 20.1 Å². The van der Waals surface area contributed by atoms with Crippen LogP contribution in [0.3, 0.4) is 0 Å². The highest BCUT2D eigenvalue weighted by Crippen LogP contribution is 2.38. The Labute approximate surface area is 214 Å². The molecule has 3 amide bonds. The summed E-state index contributed by atoms with van der Waals surface area (Å²) >= 11 is 6.36. The maximum atomic E-state index is 13.0. The van der Waals surface area contributed by atoms with Crippen molar-refractivity contribution in [2.45, 2.75) is 69.2 Å². The largest absolute Gasteiger partial charge is 0.489 e. The van der Waals surface area contributed by atoms with Crippen molar-refractivity contribution in [1.29, 1.82) is 0 Å². The van der Waals surface area contributed by atoms with Crippen molar-refractivity contribution in [2.24, 2.45) is 0 Å². The van der Waals surface area contributed by atoms with Crippen LogP contribution in [-0.4, -0.2) is 63.8 Å². The summed E-state index contributed by atoms with van der Waals surface area (Å²) in [6.07, 6.45) is 8.66. The van der Waals surface area contributed by atoms with Crippen LogP contribution in [-0.2, 0) is 16.1 Å². The summed E-state index contributed by atoms with van der Waals surface area (Å²) in [7, 11) is 0. The summed E-state index contributed by atoms with van der Waals surface area (Å²) in [5, 5.41) is 3.08. The van der Waals surface area contributed by atoms with Gasteiger partial charge in [0.2, 0.25) is 11.8 Å². The first kappa shape index (κ1) is 23.4. The highest BCUT2D eigenvalue weighted by molar-refractivity contribution is 6.31. The number of hydrogen-bond acceptors (Lipinski definition) is 6. The molecule has 36 heavy (non-hydrogen) atoms. The van der Waals surface area contributed by atoms with Gasteiger partial charge in [-0.15, -0.1) is 0 Å². The van der Waals surface area contributed by atoms with Crippen LogP contribution in [0.5, 0.6) is 5.75 Å². The fourth-order valence-electron chi connectivity index (χ4n) is 6.13. The van der Waals surface area contributed by atoms with Gasteiger partial charge in [-0.25, -0.2) is 0 Å². The normalized spacial score (nSPS) is 27.0. The van der Waals surface area contributed by atoms with Crippen molar-refractivity contribution in [3.63, 3.8) is 0 Å². The van der Waals surface area contributed by atoms with E-state index in [0.29, 0.717) is 30.5 Å². The monoisotopic (exact) mass is 508 g/mol. The van der Waals surface area contributed by atoms with Crippen LogP contribution in [0.2, 0.25) is 5.02 Å². The third-order valence-electron chi connectivity index (χ3n) is 8.07. The molecule has 0 bridgehead atoms. The van der Waals surface area contributed by atoms with Gasteiger partial charge in [0.25, 0.3) is 5.91 Å². The van der Waals surface area contributed by atoms with Gasteiger partial charge in [0.1, 0.15) is 17.9 Å². The summed E-state index contributed by atoms with van der Waals surface area (Å²) in [6.45, 7) is 2.29. The third-order valence-corrected chi connectivity index (χ3v) is 8.39. The molecule has 1 aliphatic carbocycles. The van der Waals surface area contributed by atoms with Crippen molar-refractivity contribution in [2.75, 3.05) is 13.1 Å². The van der Waals surface area contributed by atoms with E-state index in [1.165, 1.54) is 12.0 Å². The molecule has 2 aromatic rings. The van der Waals surface area contributed by atoms with Gasteiger partial charge in [-0.05, 0) is 61.1 Å². The fourth-order valence-corrected chi connectivity index (χ4v) is 6.40. The second-order valence-electron chi connectivity index (χ2n) is 10.3. The molecule has 3 atom stereocenters. The fraction of sp³-hybridized carbons (Fsp3) is 0.481. The highest BCUT2D eigenvalue weighted by atomic mass is 35.5. The molecule has 6 rings (SSSR count). The number of carbonyl (C=O) groups is 3. The molecule has 1 unspecified atom stereocenters. The van der Waals surface area contributed by atoms with Gasteiger partial charge < -0.3 is 9.64 Å². The molecule has 4 heterocycles. The first-order chi connectivity index (χ1) is 17.5. The Morgan fingerprint density at radius 2 is 1.89 bits per heavy atom. The zero-order chi connectivity index (χ0) is 24.8. The molecule has 4 aliphatic rings. The van der Waals surface area contributed by atoms with Gasteiger partial charge in [-0.1, -0.05) is 18.0 Å². The quantitative estimate of drug-likeness (QED) is 0.623. The van der Waals surface area contributed by atoms with Gasteiger partial charge in [0.15, 0.2) is 0 Å². The molecule has 188 valence electrons. The Bertz CT molecular complexity index is 1210. The number of fused-ring (bicyclic) bond motifs is 1. The zero-order valence-electron chi connectivity index (χ0n) is 20.0. The van der Waals surface area contributed by atoms with Gasteiger partial charge in [-0.3, -0.25) is 29.6 Å². The first-order valence-electron chi connectivity index (χ1n) is 12.8. The van der Waals surface area contributed by atoms with Crippen LogP contribution in [0.25, 0.3) is 0 Å². The smallest absolute Gasteiger partial charge is 0.255 e. The molecular formula is C27H29ClN4O4. The lowest BCUT2D eigenvalue weighted by atomic mass is 9.84. The minimum Gasteiger partial charge on any atom is -0.489 e. The van der Waals surface area contributed by atoms with Crippen LogP contribution < -0.4 is 10.1 Å². The zero-order valence-corrected chi connectivity index (χ0v) is 20.7. The van der Waals surface area contributed by atoms with E-state index >= 15 is 0 Å². The highest BCUT2D eigenvalue weighted by Gasteiger charge is 2.41. The molecule has 0 radical (unpaired) electrons. The van der Waals surface area contributed by atoms with Crippen molar-refractivity contribution < 1.29 is 19.1 Å². The number of piperidine rings is 1. The Balaban J connectivity index is 1.12. The molecular weight excluding hydrogens is 480 g/mol. The molecule has 1 N–H and O–H groups in total. The van der Waals surface area contributed by atoms with Crippen LogP contribution in [0.4, 0.5) is 0 Å². The number of nitrogens with one attached hydrogen (secondary N) is 1. The van der Waals surface area contributed by atoms with E-state index in [9.17, 15) is 14.4 Å². The number of rotatable bonds is 5. The molecule has 8 nitrogen and oxygen atoms in total. The first-order valence-corrected chi connectivity index (χ1v) is 13.1. The molecule has 0 spiro atoms. The summed E-state index contributed by atoms with van der Waals surface area (Å²) in [4.78, 5) is 45.0. The molecule has 3 aliphatic heterocycles. The minimum absolute atomic E-state index is 0.0917. The number of benzene rings is 1. The molecule has 1 aromatic carbocycles. The predicted octanol–water partition coefficient (Wildman–Crippen LogP) is 3.29. The number of amides is 3. The van der Waals surface area contributed by atoms with E-state index in [4.69, 9.17) is 16.3 Å². The lowest BCUT2D eigenvalue weighted by molar-refractivity contribution is -0.136. The van der Waals surface area contributed by atoms with E-state index < -0.39 is 11.9 Å². The number of aromatic nitrogens is 1. The van der Waals surface area contributed by atoms with Gasteiger partial charge in [0, 0.05) is 56.0 Å². The van der Waals surface area contributed by atoms with Gasteiger partial charge in [-0.2, -0.15) is 0 Å². The maximum absolute atomic E-state index is 13.0. The van der Waals surface area contributed by atoms with E-state index in [1.54, 1.807) is 17.3 Å². The summed E-state index contributed by atoms with van der Waals surface area (Å²) in [6, 6.07) is 7.38. The molecule has 1 saturated carbocycles. The number of pyridine rings is 1. The number of imide groups is 1. The van der Waals surface area contributed by atoms with E-state index in [-0.39, 0.29) is 24.3 Å². The third kappa shape index (κ3) is 4.26. The second-order valence-corrected chi connectivity index (χ2v) is 10.7. The van der Waals surface area contributed by atoms with E-state index in [2.05, 4.69) is 15.2 Å². The van der Waals surface area contributed by atoms with Crippen LogP contribution in [0.1, 0.15) is 65.9 Å². The minimum atomic E-state index is -0.608. The average molecular weight is 509 g/mol. The Kier molecular flexibility index (Phi) is 6.17. The predicted molar refractivity (Wildman–Crippen MR) is 133 cm³/mol. The summed E-state index contributed by atoms with van der Waals surface area (Å²) in [5.41, 5.74) is 2.64. The molecule has 9 heteroatoms. The number of halogens is 1. The Morgan fingerprint density at radius 1 is 1.06 bits per heavy atom. The average Bonchev–Trinajstić information content (AvgIpc) is 3.16. The van der Waals surface area contributed by atoms with Crippen molar-refractivity contribution >= 4 is 29.3 Å². The van der Waals surface area contributed by atoms with E-state index in [0.717, 1.165) is 48.7 Å². The number of carbonyl (C=O) groups excluding carboxylic acids is 3. The van der Waals surface area contributed by atoms with Crippen LogP contribution in [0, 0.1) is 0 Å². The van der Waals surface area contributed by atoms with Crippen molar-refractivity contribution in [3.05, 3.63) is 58.4 Å². The Hall–Kier alpha value is -2.97. The van der Waals surface area contributed by atoms with Crippen molar-refractivity contribution in [3.8, 4) is 5.75 Å². The second kappa shape index (κ2) is 9.48. The van der Waals surface area contributed by atoms with Gasteiger partial charge in [0.05, 0.1) is 5.02 Å². The standard InChI is InChI=1S/C27H29ClN4O4/c28-21-12-29-10-9-19(21)17-13-31(14-17)22-3-1-2-4-24(22)36-18-5-6-20-16(11-18)15-32(27(20)35)23-7-8-25(33)30-26(23)34/h5-6,9-12,17,22-24H,1-4,7-8,13-15H2,(H,30,33,34)/t22-,23?,24-/m1/s1. The van der Waals surface area contributed by atoms with Gasteiger partial charge >= 0.3 is 0 Å². The number of ether oxygens (including phenoxy) is 1. The number of nitrogens with zero attached hydrogens (tertiary/aromatic N) is 3. The Morgan fingerprint density at radius 3 is 2.69 bits per heavy atom. The SMILES string of the molecule is O=C1CCC(N2Cc3cc(O[C@@H]4CCCC[C@H]4N4CC(c5ccncc5Cl)C4)ccc3C2=O)C(=O)N1. The van der Waals surface area contributed by atoms with Crippen LogP contribution in [0.15, 0.2) is 36.7 Å². The molecule has 2 saturated heterocycles. The van der Waals surface area contributed by atoms with E-state index in [1.807, 2.05) is 24.3 Å². The number of hydrogen-bond donors (Lipinski definition) is 1.